The number of para-hydroxylation sites is 3. The van der Waals surface area contributed by atoms with Crippen LogP contribution in [0.15, 0.2) is 54.6 Å². The maximum absolute atomic E-state index is 4.79. The molecular weight excluding hydrogens is 382 g/mol. The van der Waals surface area contributed by atoms with Crippen LogP contribution in [-0.4, -0.2) is 53.2 Å². The van der Waals surface area contributed by atoms with Gasteiger partial charge < -0.3 is 14.8 Å². The van der Waals surface area contributed by atoms with Gasteiger partial charge in [0.05, 0.1) is 11.0 Å². The van der Waals surface area contributed by atoms with Crippen molar-refractivity contribution in [1.29, 1.82) is 0 Å². The number of imidazole rings is 1. The van der Waals surface area contributed by atoms with Crippen molar-refractivity contribution in [2.24, 2.45) is 13.0 Å². The molecule has 0 atom stereocenters. The van der Waals surface area contributed by atoms with E-state index < -0.39 is 0 Å². The SMILES string of the molecule is Cn1c(NC2CCC(CCN3CCN(c4ccccc4)CC3)CC2)nc2ccccc21. The summed E-state index contributed by atoms with van der Waals surface area (Å²) in [5, 5.41) is 3.72. The normalized spacial score (nSPS) is 22.7. The molecule has 0 amide bonds. The molecule has 1 aromatic heterocycles. The molecule has 5 nitrogen and oxygen atoms in total. The molecule has 5 rings (SSSR count). The van der Waals surface area contributed by atoms with Crippen molar-refractivity contribution in [1.82, 2.24) is 14.5 Å². The Labute approximate surface area is 186 Å². The summed E-state index contributed by atoms with van der Waals surface area (Å²) in [4.78, 5) is 9.98. The average Bonchev–Trinajstić information content (AvgIpc) is 3.15. The third kappa shape index (κ3) is 4.72. The molecule has 2 aromatic carbocycles. The second-order valence-electron chi connectivity index (χ2n) is 9.30. The Morgan fingerprint density at radius 2 is 1.58 bits per heavy atom. The van der Waals surface area contributed by atoms with Crippen molar-refractivity contribution in [3.05, 3.63) is 54.6 Å². The van der Waals surface area contributed by atoms with Gasteiger partial charge in [-0.2, -0.15) is 0 Å². The Kier molecular flexibility index (Phi) is 6.12. The molecule has 2 fully saturated rings. The minimum atomic E-state index is 0.557. The predicted molar refractivity (Wildman–Crippen MR) is 130 cm³/mol. The lowest BCUT2D eigenvalue weighted by Crippen LogP contribution is -2.47. The molecule has 3 aromatic rings. The number of aryl methyl sites for hydroxylation is 1. The molecule has 1 saturated heterocycles. The molecule has 1 aliphatic carbocycles. The number of aromatic nitrogens is 2. The third-order valence-corrected chi connectivity index (χ3v) is 7.31. The van der Waals surface area contributed by atoms with Crippen LogP contribution >= 0.6 is 0 Å². The van der Waals surface area contributed by atoms with Crippen LogP contribution in [0.25, 0.3) is 11.0 Å². The van der Waals surface area contributed by atoms with E-state index in [4.69, 9.17) is 4.98 Å². The number of nitrogens with zero attached hydrogens (tertiary/aromatic N) is 4. The van der Waals surface area contributed by atoms with Gasteiger partial charge in [-0.05, 0) is 68.8 Å². The fourth-order valence-corrected chi connectivity index (χ4v) is 5.29. The summed E-state index contributed by atoms with van der Waals surface area (Å²) < 4.78 is 2.19. The van der Waals surface area contributed by atoms with Crippen LogP contribution in [0.2, 0.25) is 0 Å². The maximum atomic E-state index is 4.79. The number of hydrogen-bond acceptors (Lipinski definition) is 4. The number of rotatable bonds is 6. The highest BCUT2D eigenvalue weighted by Gasteiger charge is 2.24. The molecule has 0 spiro atoms. The summed E-state index contributed by atoms with van der Waals surface area (Å²) in [5.41, 5.74) is 3.65. The summed E-state index contributed by atoms with van der Waals surface area (Å²) in [5.74, 6) is 1.89. The summed E-state index contributed by atoms with van der Waals surface area (Å²) in [6.07, 6.45) is 6.55. The topological polar surface area (TPSA) is 36.3 Å². The summed E-state index contributed by atoms with van der Waals surface area (Å²) in [6.45, 7) is 5.95. The van der Waals surface area contributed by atoms with Crippen LogP contribution in [0, 0.1) is 5.92 Å². The van der Waals surface area contributed by atoms with Crippen molar-refractivity contribution in [2.45, 2.75) is 38.1 Å². The quantitative estimate of drug-likeness (QED) is 0.628. The summed E-state index contributed by atoms with van der Waals surface area (Å²) in [6, 6.07) is 19.8. The van der Waals surface area contributed by atoms with E-state index in [2.05, 4.69) is 81.3 Å². The largest absolute Gasteiger partial charge is 0.369 e. The number of anilines is 2. The van der Waals surface area contributed by atoms with Crippen LogP contribution in [-0.2, 0) is 7.05 Å². The Morgan fingerprint density at radius 1 is 0.871 bits per heavy atom. The smallest absolute Gasteiger partial charge is 0.203 e. The van der Waals surface area contributed by atoms with Gasteiger partial charge in [0.2, 0.25) is 5.95 Å². The highest BCUT2D eigenvalue weighted by molar-refractivity contribution is 5.78. The lowest BCUT2D eigenvalue weighted by atomic mass is 9.84. The van der Waals surface area contributed by atoms with Gasteiger partial charge in [0.25, 0.3) is 0 Å². The zero-order valence-electron chi connectivity index (χ0n) is 18.7. The Balaban J connectivity index is 1.04. The highest BCUT2D eigenvalue weighted by atomic mass is 15.3. The lowest BCUT2D eigenvalue weighted by molar-refractivity contribution is 0.218. The monoisotopic (exact) mass is 417 g/mol. The number of benzene rings is 2. The number of fused-ring (bicyclic) bond motifs is 1. The van der Waals surface area contributed by atoms with Crippen LogP contribution in [0.4, 0.5) is 11.6 Å². The van der Waals surface area contributed by atoms with E-state index in [1.165, 1.54) is 62.9 Å². The second kappa shape index (κ2) is 9.31. The molecule has 5 heteroatoms. The van der Waals surface area contributed by atoms with Crippen molar-refractivity contribution < 1.29 is 0 Å². The molecule has 1 N–H and O–H groups in total. The van der Waals surface area contributed by atoms with E-state index in [1.807, 2.05) is 0 Å². The fraction of sp³-hybridized carbons (Fsp3) is 0.500. The van der Waals surface area contributed by atoms with Gasteiger partial charge in [0.1, 0.15) is 0 Å². The zero-order chi connectivity index (χ0) is 21.0. The molecular formula is C26H35N5. The first-order valence-electron chi connectivity index (χ1n) is 12.0. The molecule has 0 radical (unpaired) electrons. The number of hydrogen-bond donors (Lipinski definition) is 1. The van der Waals surface area contributed by atoms with E-state index in [0.29, 0.717) is 6.04 Å². The van der Waals surface area contributed by atoms with Gasteiger partial charge in [-0.15, -0.1) is 0 Å². The van der Waals surface area contributed by atoms with E-state index in [1.54, 1.807) is 0 Å². The van der Waals surface area contributed by atoms with Crippen molar-refractivity contribution in [3.63, 3.8) is 0 Å². The third-order valence-electron chi connectivity index (χ3n) is 7.31. The standard InChI is InChI=1S/C26H35N5/c1-29-25-10-6-5-9-24(25)28-26(29)27-22-13-11-21(12-14-22)15-16-30-17-19-31(20-18-30)23-7-3-2-4-8-23/h2-10,21-22H,11-20H2,1H3,(H,27,28). The number of piperazine rings is 1. The second-order valence-corrected chi connectivity index (χ2v) is 9.30. The predicted octanol–water partition coefficient (Wildman–Crippen LogP) is 4.76. The molecule has 164 valence electrons. The Bertz CT molecular complexity index is 966. The van der Waals surface area contributed by atoms with Crippen LogP contribution < -0.4 is 10.2 Å². The Hall–Kier alpha value is -2.53. The van der Waals surface area contributed by atoms with Crippen LogP contribution in [0.5, 0.6) is 0 Å². The molecule has 31 heavy (non-hydrogen) atoms. The number of nitrogens with one attached hydrogen (secondary N) is 1. The molecule has 2 aliphatic rings. The van der Waals surface area contributed by atoms with Gasteiger partial charge in [0, 0.05) is 45.0 Å². The molecule has 0 bridgehead atoms. The van der Waals surface area contributed by atoms with E-state index >= 15 is 0 Å². The fourth-order valence-electron chi connectivity index (χ4n) is 5.29. The van der Waals surface area contributed by atoms with Gasteiger partial charge in [-0.3, -0.25) is 4.90 Å². The van der Waals surface area contributed by atoms with Crippen molar-refractivity contribution in [3.8, 4) is 0 Å². The summed E-state index contributed by atoms with van der Waals surface area (Å²) in [7, 11) is 2.11. The zero-order valence-corrected chi connectivity index (χ0v) is 18.7. The maximum Gasteiger partial charge on any atom is 0.203 e. The van der Waals surface area contributed by atoms with Crippen LogP contribution in [0.1, 0.15) is 32.1 Å². The van der Waals surface area contributed by atoms with Gasteiger partial charge in [0.15, 0.2) is 0 Å². The van der Waals surface area contributed by atoms with Gasteiger partial charge >= 0.3 is 0 Å². The van der Waals surface area contributed by atoms with Crippen LogP contribution in [0.3, 0.4) is 0 Å². The minimum absolute atomic E-state index is 0.557. The Morgan fingerprint density at radius 3 is 2.32 bits per heavy atom. The first kappa shape index (κ1) is 20.4. The molecule has 2 heterocycles. The first-order valence-corrected chi connectivity index (χ1v) is 12.0. The minimum Gasteiger partial charge on any atom is -0.369 e. The molecule has 1 aliphatic heterocycles. The van der Waals surface area contributed by atoms with Gasteiger partial charge in [-0.1, -0.05) is 30.3 Å². The summed E-state index contributed by atoms with van der Waals surface area (Å²) >= 11 is 0. The van der Waals surface area contributed by atoms with E-state index in [9.17, 15) is 0 Å². The highest BCUT2D eigenvalue weighted by Crippen LogP contribution is 2.30. The molecule has 0 unspecified atom stereocenters. The van der Waals surface area contributed by atoms with Gasteiger partial charge in [-0.25, -0.2) is 4.98 Å². The van der Waals surface area contributed by atoms with Crippen molar-refractivity contribution in [2.75, 3.05) is 42.9 Å². The van der Waals surface area contributed by atoms with E-state index in [0.717, 1.165) is 30.5 Å². The lowest BCUT2D eigenvalue weighted by Gasteiger charge is -2.37. The molecule has 1 saturated carbocycles. The van der Waals surface area contributed by atoms with E-state index in [-0.39, 0.29) is 0 Å². The first-order chi connectivity index (χ1) is 15.3. The average molecular weight is 418 g/mol. The van der Waals surface area contributed by atoms with Crippen molar-refractivity contribution >= 4 is 22.7 Å².